The SMILES string of the molecule is CNC(=O)[C@H](C)Cn1cnc2ccc(-c3cnc(OC)c(NS(=O)(=O)c4c(C)noc4C)c3)cc2c1=O. The highest BCUT2D eigenvalue weighted by Gasteiger charge is 2.26. The van der Waals surface area contributed by atoms with E-state index >= 15 is 0 Å². The van der Waals surface area contributed by atoms with Gasteiger partial charge < -0.3 is 14.6 Å². The molecule has 0 fully saturated rings. The van der Waals surface area contributed by atoms with Crippen molar-refractivity contribution >= 4 is 32.5 Å². The van der Waals surface area contributed by atoms with Gasteiger partial charge in [0, 0.05) is 25.4 Å². The third-order valence-electron chi connectivity index (χ3n) is 5.85. The largest absolute Gasteiger partial charge is 0.480 e. The molecule has 3 aromatic heterocycles. The molecule has 4 aromatic rings. The van der Waals surface area contributed by atoms with Crippen LogP contribution in [0.5, 0.6) is 5.88 Å². The Morgan fingerprint density at radius 1 is 1.19 bits per heavy atom. The Morgan fingerprint density at radius 3 is 2.59 bits per heavy atom. The maximum Gasteiger partial charge on any atom is 0.267 e. The van der Waals surface area contributed by atoms with E-state index in [1.165, 1.54) is 45.1 Å². The van der Waals surface area contributed by atoms with Gasteiger partial charge in [0.05, 0.1) is 30.3 Å². The van der Waals surface area contributed by atoms with Crippen molar-refractivity contribution in [3.63, 3.8) is 0 Å². The number of carbonyl (C=O) groups excluding carboxylic acids is 1. The van der Waals surface area contributed by atoms with Crippen LogP contribution in [-0.4, -0.2) is 48.2 Å². The number of aromatic nitrogens is 4. The molecule has 0 radical (unpaired) electrons. The molecule has 2 N–H and O–H groups in total. The second kappa shape index (κ2) is 10.0. The van der Waals surface area contributed by atoms with Crippen LogP contribution in [0.2, 0.25) is 0 Å². The van der Waals surface area contributed by atoms with E-state index in [1.807, 2.05) is 0 Å². The summed E-state index contributed by atoms with van der Waals surface area (Å²) in [4.78, 5) is 33.6. The highest BCUT2D eigenvalue weighted by atomic mass is 32.2. The molecule has 1 atom stereocenters. The van der Waals surface area contributed by atoms with Crippen molar-refractivity contribution in [2.24, 2.45) is 5.92 Å². The number of nitrogens with zero attached hydrogens (tertiary/aromatic N) is 4. The van der Waals surface area contributed by atoms with Gasteiger partial charge in [-0.3, -0.25) is 18.9 Å². The Labute approximate surface area is 212 Å². The Bertz CT molecular complexity index is 1640. The number of aryl methyl sites for hydroxylation is 2. The number of ether oxygens (including phenoxy) is 1. The van der Waals surface area contributed by atoms with Crippen molar-refractivity contribution < 1.29 is 22.5 Å². The number of rotatable bonds is 8. The van der Waals surface area contributed by atoms with E-state index in [0.29, 0.717) is 22.0 Å². The molecule has 13 heteroatoms. The Kier molecular flexibility index (Phi) is 6.99. The lowest BCUT2D eigenvalue weighted by Gasteiger charge is -2.14. The van der Waals surface area contributed by atoms with Crippen LogP contribution < -0.4 is 20.3 Å². The van der Waals surface area contributed by atoms with Crippen LogP contribution in [0.25, 0.3) is 22.0 Å². The summed E-state index contributed by atoms with van der Waals surface area (Å²) in [5.74, 6) is -0.398. The quantitative estimate of drug-likeness (QED) is 0.351. The first-order valence-electron chi connectivity index (χ1n) is 11.3. The Hall–Kier alpha value is -4.26. The number of anilines is 1. The summed E-state index contributed by atoms with van der Waals surface area (Å²) < 4.78 is 40.3. The summed E-state index contributed by atoms with van der Waals surface area (Å²) in [5, 5.41) is 6.62. The number of amides is 1. The summed E-state index contributed by atoms with van der Waals surface area (Å²) in [6.07, 6.45) is 2.93. The number of methoxy groups -OCH3 is 1. The maximum absolute atomic E-state index is 13.2. The molecule has 3 heterocycles. The fourth-order valence-electron chi connectivity index (χ4n) is 3.99. The second-order valence-electron chi connectivity index (χ2n) is 8.49. The molecule has 1 amide bonds. The average Bonchev–Trinajstić information content (AvgIpc) is 3.23. The summed E-state index contributed by atoms with van der Waals surface area (Å²) >= 11 is 0. The predicted molar refractivity (Wildman–Crippen MR) is 136 cm³/mol. The zero-order chi connectivity index (χ0) is 26.9. The van der Waals surface area contributed by atoms with Gasteiger partial charge in [0.2, 0.25) is 11.8 Å². The van der Waals surface area contributed by atoms with E-state index in [0.717, 1.165) is 0 Å². The van der Waals surface area contributed by atoms with Gasteiger partial charge >= 0.3 is 0 Å². The second-order valence-corrected chi connectivity index (χ2v) is 10.1. The molecule has 4 rings (SSSR count). The maximum atomic E-state index is 13.2. The highest BCUT2D eigenvalue weighted by Crippen LogP contribution is 2.32. The lowest BCUT2D eigenvalue weighted by Crippen LogP contribution is -2.32. The summed E-state index contributed by atoms with van der Waals surface area (Å²) in [6.45, 7) is 4.93. The fourth-order valence-corrected chi connectivity index (χ4v) is 5.37. The first kappa shape index (κ1) is 25.8. The van der Waals surface area contributed by atoms with Gasteiger partial charge in [-0.1, -0.05) is 18.1 Å². The van der Waals surface area contributed by atoms with Gasteiger partial charge in [0.25, 0.3) is 15.6 Å². The minimum Gasteiger partial charge on any atom is -0.480 e. The molecule has 0 aliphatic carbocycles. The third kappa shape index (κ3) is 5.03. The summed E-state index contributed by atoms with van der Waals surface area (Å²) in [5.41, 5.74) is 1.64. The highest BCUT2D eigenvalue weighted by molar-refractivity contribution is 7.92. The summed E-state index contributed by atoms with van der Waals surface area (Å²) in [6, 6.07) is 6.66. The van der Waals surface area contributed by atoms with Crippen LogP contribution in [0.15, 0.2) is 51.0 Å². The molecule has 0 aliphatic rings. The van der Waals surface area contributed by atoms with Gasteiger partial charge in [-0.25, -0.2) is 18.4 Å². The van der Waals surface area contributed by atoms with Gasteiger partial charge in [0.15, 0.2) is 10.7 Å². The Morgan fingerprint density at radius 2 is 1.95 bits per heavy atom. The van der Waals surface area contributed by atoms with Crippen molar-refractivity contribution in [3.8, 4) is 17.0 Å². The van der Waals surface area contributed by atoms with Crippen LogP contribution in [0.3, 0.4) is 0 Å². The standard InChI is InChI=1S/C24H26N6O6S/c1-13(22(31)25-4)11-30-12-27-19-7-6-16(8-18(19)24(30)32)17-9-20(23(35-5)26-10-17)29-37(33,34)21-14(2)28-36-15(21)3/h6-10,12-13,29H,11H2,1-5H3,(H,25,31)/t13-/m1/s1. The van der Waals surface area contributed by atoms with Crippen molar-refractivity contribution in [2.75, 3.05) is 18.9 Å². The number of carbonyl (C=O) groups is 1. The van der Waals surface area contributed by atoms with Gasteiger partial charge in [-0.05, 0) is 37.6 Å². The van der Waals surface area contributed by atoms with E-state index in [2.05, 4.69) is 25.2 Å². The number of benzene rings is 1. The van der Waals surface area contributed by atoms with Crippen LogP contribution >= 0.6 is 0 Å². The normalized spacial score (nSPS) is 12.4. The number of sulfonamides is 1. The minimum atomic E-state index is -4.05. The lowest BCUT2D eigenvalue weighted by molar-refractivity contribution is -0.124. The van der Waals surface area contributed by atoms with E-state index in [9.17, 15) is 18.0 Å². The topological polar surface area (TPSA) is 158 Å². The zero-order valence-electron chi connectivity index (χ0n) is 20.9. The molecule has 12 nitrogen and oxygen atoms in total. The van der Waals surface area contributed by atoms with Gasteiger partial charge in [0.1, 0.15) is 11.4 Å². The number of nitrogens with one attached hydrogen (secondary N) is 2. The number of hydrogen-bond donors (Lipinski definition) is 2. The third-order valence-corrected chi connectivity index (χ3v) is 7.46. The number of hydrogen-bond acceptors (Lipinski definition) is 9. The van der Waals surface area contributed by atoms with Crippen LogP contribution in [-0.2, 0) is 21.4 Å². The van der Waals surface area contributed by atoms with E-state index < -0.39 is 15.9 Å². The molecule has 194 valence electrons. The number of pyridine rings is 1. The predicted octanol–water partition coefficient (Wildman–Crippen LogP) is 2.25. The van der Waals surface area contributed by atoms with Crippen molar-refractivity contribution in [3.05, 3.63) is 58.6 Å². The van der Waals surface area contributed by atoms with Crippen LogP contribution in [0, 0.1) is 19.8 Å². The van der Waals surface area contributed by atoms with Gasteiger partial charge in [-0.2, -0.15) is 0 Å². The molecular weight excluding hydrogens is 500 g/mol. The van der Waals surface area contributed by atoms with Crippen molar-refractivity contribution in [1.29, 1.82) is 0 Å². The number of fused-ring (bicyclic) bond motifs is 1. The molecule has 0 unspecified atom stereocenters. The average molecular weight is 527 g/mol. The molecule has 1 aromatic carbocycles. The fraction of sp³-hybridized carbons (Fsp3) is 0.292. The van der Waals surface area contributed by atoms with E-state index in [1.54, 1.807) is 31.2 Å². The molecule has 0 saturated heterocycles. The lowest BCUT2D eigenvalue weighted by atomic mass is 10.0. The molecule has 0 bridgehead atoms. The summed E-state index contributed by atoms with van der Waals surface area (Å²) in [7, 11) is -1.14. The monoisotopic (exact) mass is 526 g/mol. The van der Waals surface area contributed by atoms with Crippen molar-refractivity contribution in [2.45, 2.75) is 32.2 Å². The smallest absolute Gasteiger partial charge is 0.267 e. The molecule has 0 spiro atoms. The zero-order valence-corrected chi connectivity index (χ0v) is 21.7. The van der Waals surface area contributed by atoms with Crippen LogP contribution in [0.4, 0.5) is 5.69 Å². The first-order chi connectivity index (χ1) is 17.6. The van der Waals surface area contributed by atoms with E-state index in [-0.39, 0.29) is 45.9 Å². The molecular formula is C24H26N6O6S. The van der Waals surface area contributed by atoms with E-state index in [4.69, 9.17) is 9.26 Å². The van der Waals surface area contributed by atoms with Crippen molar-refractivity contribution in [1.82, 2.24) is 25.0 Å². The Balaban J connectivity index is 1.74. The van der Waals surface area contributed by atoms with Gasteiger partial charge in [-0.15, -0.1) is 0 Å². The van der Waals surface area contributed by atoms with Crippen LogP contribution in [0.1, 0.15) is 18.4 Å². The molecule has 0 aliphatic heterocycles. The molecule has 37 heavy (non-hydrogen) atoms. The first-order valence-corrected chi connectivity index (χ1v) is 12.7. The minimum absolute atomic E-state index is 0.0621. The molecule has 0 saturated carbocycles.